The summed E-state index contributed by atoms with van der Waals surface area (Å²) in [6.45, 7) is 5.35. The minimum absolute atomic E-state index is 0.00349. The van der Waals surface area contributed by atoms with Crippen LogP contribution in [0.1, 0.15) is 36.0 Å². The Morgan fingerprint density at radius 2 is 1.71 bits per heavy atom. The van der Waals surface area contributed by atoms with Gasteiger partial charge in [-0.05, 0) is 24.3 Å². The van der Waals surface area contributed by atoms with E-state index in [0.717, 1.165) is 5.56 Å². The minimum Gasteiger partial charge on any atom is -0.339 e. The smallest absolute Gasteiger partial charge is 0.253 e. The molecule has 0 bridgehead atoms. The van der Waals surface area contributed by atoms with Crippen LogP contribution in [0.15, 0.2) is 64.0 Å². The number of nitrogens with zero attached hydrogens (tertiary/aromatic N) is 4. The van der Waals surface area contributed by atoms with Gasteiger partial charge >= 0.3 is 0 Å². The Labute approximate surface area is 181 Å². The number of aromatic nitrogens is 2. The van der Waals surface area contributed by atoms with E-state index in [1.165, 1.54) is 16.4 Å². The number of amides is 1. The SMILES string of the molecule is CCN(CC)S(=O)(=O)c1ccc(C(=O)N2CC(c3nc(-c4ccccc4)no3)C2)cc1. The number of likely N-dealkylation sites (tertiary alicyclic amines) is 1. The van der Waals surface area contributed by atoms with Crippen LogP contribution in [0.3, 0.4) is 0 Å². The first kappa shape index (κ1) is 21.2. The van der Waals surface area contributed by atoms with E-state index in [4.69, 9.17) is 4.52 Å². The van der Waals surface area contributed by atoms with Crippen molar-refractivity contribution in [3.05, 3.63) is 66.1 Å². The fraction of sp³-hybridized carbons (Fsp3) is 0.318. The predicted octanol–water partition coefficient (Wildman–Crippen LogP) is 3.01. The highest BCUT2D eigenvalue weighted by molar-refractivity contribution is 7.89. The lowest BCUT2D eigenvalue weighted by Gasteiger charge is -2.37. The van der Waals surface area contributed by atoms with Gasteiger partial charge in [0.25, 0.3) is 5.91 Å². The van der Waals surface area contributed by atoms with E-state index in [0.29, 0.717) is 43.5 Å². The zero-order valence-corrected chi connectivity index (χ0v) is 18.2. The standard InChI is InChI=1S/C22H24N4O4S/c1-3-26(4-2)31(28,29)19-12-10-17(11-13-19)22(27)25-14-18(15-25)21-23-20(24-30-21)16-8-6-5-7-9-16/h5-13,18H,3-4,14-15H2,1-2H3. The van der Waals surface area contributed by atoms with Gasteiger partial charge in [0, 0.05) is 37.3 Å². The molecular formula is C22H24N4O4S. The fourth-order valence-electron chi connectivity index (χ4n) is 3.57. The van der Waals surface area contributed by atoms with Gasteiger partial charge in [0.05, 0.1) is 10.8 Å². The van der Waals surface area contributed by atoms with Crippen molar-refractivity contribution in [2.24, 2.45) is 0 Å². The first-order valence-electron chi connectivity index (χ1n) is 10.2. The number of carbonyl (C=O) groups excluding carboxylic acids is 1. The molecule has 1 saturated heterocycles. The summed E-state index contributed by atoms with van der Waals surface area (Å²) in [5.41, 5.74) is 1.33. The van der Waals surface area contributed by atoms with Crippen LogP contribution in [-0.4, -0.2) is 59.8 Å². The van der Waals surface area contributed by atoms with E-state index >= 15 is 0 Å². The Kier molecular flexibility index (Phi) is 5.88. The molecule has 3 aromatic rings. The Balaban J connectivity index is 1.39. The highest BCUT2D eigenvalue weighted by Gasteiger charge is 2.36. The number of benzene rings is 2. The van der Waals surface area contributed by atoms with E-state index < -0.39 is 10.0 Å². The van der Waals surface area contributed by atoms with Crippen LogP contribution in [0.2, 0.25) is 0 Å². The van der Waals surface area contributed by atoms with Gasteiger partial charge in [-0.15, -0.1) is 0 Å². The lowest BCUT2D eigenvalue weighted by atomic mass is 9.98. The maximum absolute atomic E-state index is 12.7. The third kappa shape index (κ3) is 4.11. The van der Waals surface area contributed by atoms with E-state index in [2.05, 4.69) is 10.1 Å². The summed E-state index contributed by atoms with van der Waals surface area (Å²) in [5.74, 6) is 0.899. The van der Waals surface area contributed by atoms with Crippen molar-refractivity contribution in [3.8, 4) is 11.4 Å². The van der Waals surface area contributed by atoms with Crippen LogP contribution < -0.4 is 0 Å². The Morgan fingerprint density at radius 3 is 2.32 bits per heavy atom. The lowest BCUT2D eigenvalue weighted by Crippen LogP contribution is -2.48. The zero-order chi connectivity index (χ0) is 22.0. The van der Waals surface area contributed by atoms with Crippen molar-refractivity contribution in [3.63, 3.8) is 0 Å². The largest absolute Gasteiger partial charge is 0.339 e. The second-order valence-electron chi connectivity index (χ2n) is 7.34. The van der Waals surface area contributed by atoms with Crippen molar-refractivity contribution in [2.75, 3.05) is 26.2 Å². The van der Waals surface area contributed by atoms with Crippen LogP contribution in [0.25, 0.3) is 11.4 Å². The number of hydrogen-bond acceptors (Lipinski definition) is 6. The molecule has 1 amide bonds. The quantitative estimate of drug-likeness (QED) is 0.560. The molecule has 0 radical (unpaired) electrons. The maximum Gasteiger partial charge on any atom is 0.253 e. The molecule has 2 aromatic carbocycles. The van der Waals surface area contributed by atoms with Crippen LogP contribution in [0.5, 0.6) is 0 Å². The Hall–Kier alpha value is -3.04. The summed E-state index contributed by atoms with van der Waals surface area (Å²) >= 11 is 0. The Bertz CT molecular complexity index is 1150. The first-order valence-corrected chi connectivity index (χ1v) is 11.7. The molecule has 9 heteroatoms. The summed E-state index contributed by atoms with van der Waals surface area (Å²) in [7, 11) is -3.54. The molecule has 0 aliphatic carbocycles. The van der Waals surface area contributed by atoms with E-state index in [1.54, 1.807) is 30.9 Å². The molecule has 0 N–H and O–H groups in total. The topological polar surface area (TPSA) is 96.6 Å². The number of sulfonamides is 1. The molecule has 4 rings (SSSR count). The molecule has 0 unspecified atom stereocenters. The molecule has 1 aliphatic rings. The normalized spacial score (nSPS) is 14.6. The van der Waals surface area contributed by atoms with Crippen molar-refractivity contribution < 1.29 is 17.7 Å². The van der Waals surface area contributed by atoms with Gasteiger partial charge in [-0.1, -0.05) is 49.3 Å². The zero-order valence-electron chi connectivity index (χ0n) is 17.4. The monoisotopic (exact) mass is 440 g/mol. The van der Waals surface area contributed by atoms with Crippen molar-refractivity contribution in [1.82, 2.24) is 19.3 Å². The number of hydrogen-bond donors (Lipinski definition) is 0. The van der Waals surface area contributed by atoms with Gasteiger partial charge in [-0.25, -0.2) is 8.42 Å². The molecule has 31 heavy (non-hydrogen) atoms. The summed E-state index contributed by atoms with van der Waals surface area (Å²) < 4.78 is 31.9. The summed E-state index contributed by atoms with van der Waals surface area (Å²) in [6.07, 6.45) is 0. The molecule has 0 spiro atoms. The predicted molar refractivity (Wildman–Crippen MR) is 115 cm³/mol. The van der Waals surface area contributed by atoms with E-state index in [9.17, 15) is 13.2 Å². The van der Waals surface area contributed by atoms with Crippen LogP contribution in [0, 0.1) is 0 Å². The molecule has 1 aromatic heterocycles. The summed E-state index contributed by atoms with van der Waals surface area (Å²) in [4.78, 5) is 19.1. The summed E-state index contributed by atoms with van der Waals surface area (Å²) in [6, 6.07) is 15.7. The lowest BCUT2D eigenvalue weighted by molar-refractivity contribution is 0.0569. The molecule has 1 aliphatic heterocycles. The van der Waals surface area contributed by atoms with Gasteiger partial charge in [0.1, 0.15) is 0 Å². The van der Waals surface area contributed by atoms with Crippen LogP contribution in [0.4, 0.5) is 0 Å². The maximum atomic E-state index is 12.7. The average molecular weight is 441 g/mol. The second-order valence-corrected chi connectivity index (χ2v) is 9.28. The average Bonchev–Trinajstić information content (AvgIpc) is 3.24. The van der Waals surface area contributed by atoms with E-state index in [-0.39, 0.29) is 16.7 Å². The van der Waals surface area contributed by atoms with E-state index in [1.807, 2.05) is 30.3 Å². The van der Waals surface area contributed by atoms with Gasteiger partial charge in [0.15, 0.2) is 0 Å². The van der Waals surface area contributed by atoms with Crippen molar-refractivity contribution in [2.45, 2.75) is 24.7 Å². The molecule has 0 saturated carbocycles. The highest BCUT2D eigenvalue weighted by Crippen LogP contribution is 2.29. The molecule has 2 heterocycles. The number of carbonyl (C=O) groups is 1. The van der Waals surface area contributed by atoms with Gasteiger partial charge < -0.3 is 9.42 Å². The molecular weight excluding hydrogens is 416 g/mol. The van der Waals surface area contributed by atoms with Crippen molar-refractivity contribution >= 4 is 15.9 Å². The first-order chi connectivity index (χ1) is 14.9. The third-order valence-corrected chi connectivity index (χ3v) is 7.50. The highest BCUT2D eigenvalue weighted by atomic mass is 32.2. The van der Waals surface area contributed by atoms with Crippen molar-refractivity contribution in [1.29, 1.82) is 0 Å². The van der Waals surface area contributed by atoms with Crippen LogP contribution in [-0.2, 0) is 10.0 Å². The van der Waals surface area contributed by atoms with Crippen LogP contribution >= 0.6 is 0 Å². The molecule has 8 nitrogen and oxygen atoms in total. The second kappa shape index (κ2) is 8.60. The van der Waals surface area contributed by atoms with Gasteiger partial charge in [-0.3, -0.25) is 4.79 Å². The molecule has 162 valence electrons. The van der Waals surface area contributed by atoms with Gasteiger partial charge in [0.2, 0.25) is 21.7 Å². The third-order valence-electron chi connectivity index (χ3n) is 5.44. The summed E-state index contributed by atoms with van der Waals surface area (Å²) in [5, 5.41) is 4.03. The minimum atomic E-state index is -3.54. The Morgan fingerprint density at radius 1 is 1.06 bits per heavy atom. The fourth-order valence-corrected chi connectivity index (χ4v) is 5.03. The molecule has 0 atom stereocenters. The molecule has 1 fully saturated rings. The number of rotatable bonds is 7. The van der Waals surface area contributed by atoms with Gasteiger partial charge in [-0.2, -0.15) is 9.29 Å².